The van der Waals surface area contributed by atoms with Gasteiger partial charge in [-0.3, -0.25) is 4.68 Å². The van der Waals surface area contributed by atoms with Gasteiger partial charge in [0.1, 0.15) is 5.82 Å². The Morgan fingerprint density at radius 3 is 2.70 bits per heavy atom. The molecule has 0 saturated heterocycles. The number of hydrogen-bond donors (Lipinski definition) is 1. The van der Waals surface area contributed by atoms with Gasteiger partial charge in [0.15, 0.2) is 0 Å². The van der Waals surface area contributed by atoms with E-state index in [4.69, 9.17) is 17.3 Å². The summed E-state index contributed by atoms with van der Waals surface area (Å²) in [5.41, 5.74) is 8.13. The summed E-state index contributed by atoms with van der Waals surface area (Å²) in [5.74, 6) is -0.287. The van der Waals surface area contributed by atoms with Crippen LogP contribution in [0.25, 0.3) is 0 Å². The molecule has 1 aromatic carbocycles. The van der Waals surface area contributed by atoms with Crippen LogP contribution in [0.5, 0.6) is 0 Å². The van der Waals surface area contributed by atoms with Crippen LogP contribution in [0.15, 0.2) is 24.3 Å². The number of nitrogens with zero attached hydrogens (tertiary/aromatic N) is 2. The normalized spacial score (nSPS) is 14.3. The summed E-state index contributed by atoms with van der Waals surface area (Å²) in [5, 5.41) is 5.03. The lowest BCUT2D eigenvalue weighted by molar-refractivity contribution is 0.468. The lowest BCUT2D eigenvalue weighted by atomic mass is 9.88. The SMILES string of the molecule is CCc1nn(C)c(CC(C)(N)c2cccc(F)c2)c1Cl. The van der Waals surface area contributed by atoms with E-state index in [1.54, 1.807) is 10.7 Å². The van der Waals surface area contributed by atoms with Crippen molar-refractivity contribution < 1.29 is 4.39 Å². The van der Waals surface area contributed by atoms with Crippen molar-refractivity contribution in [1.82, 2.24) is 9.78 Å². The number of benzene rings is 1. The van der Waals surface area contributed by atoms with E-state index in [2.05, 4.69) is 5.10 Å². The fourth-order valence-corrected chi connectivity index (χ4v) is 2.67. The summed E-state index contributed by atoms with van der Waals surface area (Å²) >= 11 is 6.34. The Labute approximate surface area is 123 Å². The molecule has 0 radical (unpaired) electrons. The highest BCUT2D eigenvalue weighted by molar-refractivity contribution is 6.31. The molecule has 20 heavy (non-hydrogen) atoms. The molecule has 0 spiro atoms. The van der Waals surface area contributed by atoms with Gasteiger partial charge in [0, 0.05) is 19.0 Å². The van der Waals surface area contributed by atoms with E-state index >= 15 is 0 Å². The highest BCUT2D eigenvalue weighted by atomic mass is 35.5. The van der Waals surface area contributed by atoms with E-state index in [1.807, 2.05) is 27.0 Å². The van der Waals surface area contributed by atoms with Crippen LogP contribution in [0.1, 0.15) is 30.8 Å². The number of halogens is 2. The maximum atomic E-state index is 13.4. The van der Waals surface area contributed by atoms with Gasteiger partial charge >= 0.3 is 0 Å². The Morgan fingerprint density at radius 2 is 2.15 bits per heavy atom. The third-order valence-corrected chi connectivity index (χ3v) is 3.96. The van der Waals surface area contributed by atoms with Gasteiger partial charge in [-0.1, -0.05) is 30.7 Å². The zero-order valence-electron chi connectivity index (χ0n) is 12.0. The lowest BCUT2D eigenvalue weighted by Gasteiger charge is -2.25. The molecule has 1 unspecified atom stereocenters. The Morgan fingerprint density at radius 1 is 1.45 bits per heavy atom. The Kier molecular flexibility index (Phi) is 4.16. The van der Waals surface area contributed by atoms with E-state index in [0.29, 0.717) is 11.4 Å². The number of aryl methyl sites for hydroxylation is 2. The molecule has 1 aromatic heterocycles. The second kappa shape index (κ2) is 5.54. The summed E-state index contributed by atoms with van der Waals surface area (Å²) in [4.78, 5) is 0. The maximum absolute atomic E-state index is 13.4. The van der Waals surface area contributed by atoms with Gasteiger partial charge in [-0.15, -0.1) is 0 Å². The molecule has 3 nitrogen and oxygen atoms in total. The van der Waals surface area contributed by atoms with Gasteiger partial charge in [-0.05, 0) is 31.0 Å². The predicted molar refractivity (Wildman–Crippen MR) is 79.2 cm³/mol. The zero-order chi connectivity index (χ0) is 14.9. The molecule has 0 aliphatic heterocycles. The molecule has 5 heteroatoms. The number of aromatic nitrogens is 2. The molecule has 0 saturated carbocycles. The van der Waals surface area contributed by atoms with Crippen molar-refractivity contribution in [2.24, 2.45) is 12.8 Å². The van der Waals surface area contributed by atoms with Crippen LogP contribution < -0.4 is 5.73 Å². The first-order chi connectivity index (χ1) is 9.35. The van der Waals surface area contributed by atoms with Crippen LogP contribution in [-0.4, -0.2) is 9.78 Å². The Balaban J connectivity index is 2.35. The summed E-state index contributed by atoms with van der Waals surface area (Å²) in [6.45, 7) is 3.88. The minimum absolute atomic E-state index is 0.287. The van der Waals surface area contributed by atoms with E-state index in [0.717, 1.165) is 23.4 Å². The van der Waals surface area contributed by atoms with Crippen molar-refractivity contribution in [3.8, 4) is 0 Å². The highest BCUT2D eigenvalue weighted by Crippen LogP contribution is 2.28. The third kappa shape index (κ3) is 2.86. The van der Waals surface area contributed by atoms with E-state index in [1.165, 1.54) is 12.1 Å². The fraction of sp³-hybridized carbons (Fsp3) is 0.400. The molecule has 2 aromatic rings. The van der Waals surface area contributed by atoms with Crippen LogP contribution >= 0.6 is 11.6 Å². The molecule has 1 atom stereocenters. The molecule has 0 amide bonds. The molecular weight excluding hydrogens is 277 g/mol. The standard InChI is InChI=1S/C15H19ClFN3/c1-4-12-14(16)13(20(3)19-12)9-15(2,18)10-6-5-7-11(17)8-10/h5-8H,4,9,18H2,1-3H3. The molecular formula is C15H19ClFN3. The molecule has 1 heterocycles. The first-order valence-corrected chi connectivity index (χ1v) is 6.98. The van der Waals surface area contributed by atoms with Crippen LogP contribution in [0.3, 0.4) is 0 Å². The molecule has 0 fully saturated rings. The van der Waals surface area contributed by atoms with Crippen molar-refractivity contribution in [3.05, 3.63) is 52.1 Å². The maximum Gasteiger partial charge on any atom is 0.123 e. The van der Waals surface area contributed by atoms with Gasteiger partial charge in [0.2, 0.25) is 0 Å². The van der Waals surface area contributed by atoms with Gasteiger partial charge in [0.05, 0.1) is 16.4 Å². The van der Waals surface area contributed by atoms with Crippen molar-refractivity contribution in [3.63, 3.8) is 0 Å². The fourth-order valence-electron chi connectivity index (χ4n) is 2.31. The van der Waals surface area contributed by atoms with Crippen molar-refractivity contribution in [1.29, 1.82) is 0 Å². The second-order valence-corrected chi connectivity index (χ2v) is 5.67. The zero-order valence-corrected chi connectivity index (χ0v) is 12.7. The molecule has 108 valence electrons. The van der Waals surface area contributed by atoms with E-state index in [-0.39, 0.29) is 5.82 Å². The number of hydrogen-bond acceptors (Lipinski definition) is 2. The second-order valence-electron chi connectivity index (χ2n) is 5.29. The van der Waals surface area contributed by atoms with Gasteiger partial charge in [-0.25, -0.2) is 4.39 Å². The largest absolute Gasteiger partial charge is 0.321 e. The van der Waals surface area contributed by atoms with Crippen LogP contribution in [-0.2, 0) is 25.4 Å². The number of nitrogens with two attached hydrogens (primary N) is 1. The topological polar surface area (TPSA) is 43.8 Å². The molecule has 2 rings (SSSR count). The number of rotatable bonds is 4. The van der Waals surface area contributed by atoms with Crippen molar-refractivity contribution in [2.75, 3.05) is 0 Å². The Hall–Kier alpha value is -1.39. The minimum Gasteiger partial charge on any atom is -0.321 e. The smallest absolute Gasteiger partial charge is 0.123 e. The summed E-state index contributed by atoms with van der Waals surface area (Å²) in [7, 11) is 1.85. The summed E-state index contributed by atoms with van der Waals surface area (Å²) in [6, 6.07) is 6.36. The molecule has 0 aliphatic carbocycles. The monoisotopic (exact) mass is 295 g/mol. The first-order valence-electron chi connectivity index (χ1n) is 6.60. The molecule has 2 N–H and O–H groups in total. The van der Waals surface area contributed by atoms with E-state index in [9.17, 15) is 4.39 Å². The average molecular weight is 296 g/mol. The van der Waals surface area contributed by atoms with Crippen LogP contribution in [0.2, 0.25) is 5.02 Å². The first kappa shape index (κ1) is 15.0. The van der Waals surface area contributed by atoms with Gasteiger partial charge < -0.3 is 5.73 Å². The van der Waals surface area contributed by atoms with E-state index < -0.39 is 5.54 Å². The quantitative estimate of drug-likeness (QED) is 0.941. The van der Waals surface area contributed by atoms with Crippen molar-refractivity contribution >= 4 is 11.6 Å². The third-order valence-electron chi connectivity index (χ3n) is 3.52. The van der Waals surface area contributed by atoms with Crippen molar-refractivity contribution in [2.45, 2.75) is 32.2 Å². The Bertz CT molecular complexity index is 620. The molecule has 0 bridgehead atoms. The lowest BCUT2D eigenvalue weighted by Crippen LogP contribution is -2.36. The molecule has 0 aliphatic rings. The summed E-state index contributed by atoms with van der Waals surface area (Å²) < 4.78 is 15.1. The average Bonchev–Trinajstić information content (AvgIpc) is 2.66. The van der Waals surface area contributed by atoms with Crippen LogP contribution in [0, 0.1) is 5.82 Å². The van der Waals surface area contributed by atoms with Gasteiger partial charge in [-0.2, -0.15) is 5.10 Å². The minimum atomic E-state index is -0.704. The van der Waals surface area contributed by atoms with Crippen LogP contribution in [0.4, 0.5) is 4.39 Å². The summed E-state index contributed by atoms with van der Waals surface area (Å²) in [6.07, 6.45) is 1.27. The van der Waals surface area contributed by atoms with Gasteiger partial charge in [0.25, 0.3) is 0 Å². The highest BCUT2D eigenvalue weighted by Gasteiger charge is 2.26. The predicted octanol–water partition coefficient (Wildman–Crippen LogP) is 3.19.